The minimum absolute atomic E-state index is 0.915. The Morgan fingerprint density at radius 3 is 2.65 bits per heavy atom. The average Bonchev–Trinajstić information content (AvgIpc) is 3.11. The lowest BCUT2D eigenvalue weighted by atomic mass is 10.2. The van der Waals surface area contributed by atoms with E-state index in [1.54, 1.807) is 13.4 Å². The van der Waals surface area contributed by atoms with Crippen molar-refractivity contribution in [3.8, 4) is 5.75 Å². The normalized spacial score (nSPS) is 17.3. The van der Waals surface area contributed by atoms with Gasteiger partial charge >= 0.3 is 0 Å². The number of benzene rings is 1. The van der Waals surface area contributed by atoms with Crippen molar-refractivity contribution < 1.29 is 4.74 Å². The zero-order valence-corrected chi connectivity index (χ0v) is 13.5. The van der Waals surface area contributed by atoms with Crippen LogP contribution in [0.15, 0.2) is 30.6 Å². The quantitative estimate of drug-likeness (QED) is 0.870. The molecule has 4 rings (SSSR count). The molecule has 0 spiro atoms. The van der Waals surface area contributed by atoms with Crippen LogP contribution in [0.25, 0.3) is 0 Å². The first-order valence-electron chi connectivity index (χ1n) is 8.32. The lowest BCUT2D eigenvalue weighted by Crippen LogP contribution is -2.47. The monoisotopic (exact) mass is 310 g/mol. The molecule has 1 aliphatic carbocycles. The number of piperazine rings is 1. The zero-order valence-electron chi connectivity index (χ0n) is 13.5. The van der Waals surface area contributed by atoms with Gasteiger partial charge in [-0.3, -0.25) is 0 Å². The van der Waals surface area contributed by atoms with Gasteiger partial charge in [0.15, 0.2) is 0 Å². The maximum atomic E-state index is 5.33. The van der Waals surface area contributed by atoms with E-state index in [1.165, 1.54) is 23.4 Å². The summed E-state index contributed by atoms with van der Waals surface area (Å²) in [7, 11) is 1.72. The highest BCUT2D eigenvalue weighted by Crippen LogP contribution is 2.29. The van der Waals surface area contributed by atoms with Crippen LogP contribution in [0.1, 0.15) is 17.7 Å². The fraction of sp³-hybridized carbons (Fsp3) is 0.444. The van der Waals surface area contributed by atoms with Crippen LogP contribution in [0.3, 0.4) is 0 Å². The second kappa shape index (κ2) is 6.07. The summed E-state index contributed by atoms with van der Waals surface area (Å²) in [6, 6.07) is 8.31. The number of anilines is 2. The molecule has 0 unspecified atom stereocenters. The summed E-state index contributed by atoms with van der Waals surface area (Å²) in [5, 5.41) is 0. The third-order valence-corrected chi connectivity index (χ3v) is 4.85. The maximum absolute atomic E-state index is 5.33. The Kier molecular flexibility index (Phi) is 3.77. The van der Waals surface area contributed by atoms with Gasteiger partial charge in [0.25, 0.3) is 0 Å². The molecule has 5 heteroatoms. The molecule has 1 saturated heterocycles. The molecule has 0 N–H and O–H groups in total. The van der Waals surface area contributed by atoms with E-state index in [1.807, 2.05) is 6.07 Å². The van der Waals surface area contributed by atoms with Gasteiger partial charge in [0, 0.05) is 49.2 Å². The van der Waals surface area contributed by atoms with Crippen molar-refractivity contribution in [3.63, 3.8) is 0 Å². The van der Waals surface area contributed by atoms with E-state index in [2.05, 4.69) is 38.0 Å². The van der Waals surface area contributed by atoms with Gasteiger partial charge in [-0.25, -0.2) is 9.97 Å². The number of hydrogen-bond acceptors (Lipinski definition) is 5. The number of aryl methyl sites for hydroxylation is 1. The Hall–Kier alpha value is -2.30. The molecule has 1 fully saturated rings. The van der Waals surface area contributed by atoms with Crippen LogP contribution in [0.2, 0.25) is 0 Å². The highest BCUT2D eigenvalue weighted by molar-refractivity contribution is 5.55. The summed E-state index contributed by atoms with van der Waals surface area (Å²) in [5.41, 5.74) is 3.87. The van der Waals surface area contributed by atoms with Crippen LogP contribution < -0.4 is 14.5 Å². The van der Waals surface area contributed by atoms with Crippen molar-refractivity contribution in [2.24, 2.45) is 0 Å². The predicted octanol–water partition coefficient (Wildman–Crippen LogP) is 2.30. The van der Waals surface area contributed by atoms with E-state index in [0.29, 0.717) is 0 Å². The largest absolute Gasteiger partial charge is 0.497 e. The SMILES string of the molecule is COc1cccc(N2CCN(c3ncnc4c3CCC4)CC2)c1. The Labute approximate surface area is 136 Å². The van der Waals surface area contributed by atoms with E-state index in [9.17, 15) is 0 Å². The highest BCUT2D eigenvalue weighted by Gasteiger charge is 2.24. The van der Waals surface area contributed by atoms with Crippen LogP contribution in [-0.4, -0.2) is 43.3 Å². The molecule has 1 aromatic carbocycles. The number of hydrogen-bond donors (Lipinski definition) is 0. The van der Waals surface area contributed by atoms with E-state index >= 15 is 0 Å². The summed E-state index contributed by atoms with van der Waals surface area (Å²) in [5.74, 6) is 2.08. The zero-order chi connectivity index (χ0) is 15.6. The summed E-state index contributed by atoms with van der Waals surface area (Å²) in [4.78, 5) is 13.8. The van der Waals surface area contributed by atoms with Gasteiger partial charge < -0.3 is 14.5 Å². The first kappa shape index (κ1) is 14.3. The molecule has 1 aliphatic heterocycles. The van der Waals surface area contributed by atoms with Gasteiger partial charge in [0.05, 0.1) is 7.11 Å². The second-order valence-corrected chi connectivity index (χ2v) is 6.15. The van der Waals surface area contributed by atoms with Crippen LogP contribution >= 0.6 is 0 Å². The Morgan fingerprint density at radius 2 is 1.83 bits per heavy atom. The first-order valence-corrected chi connectivity index (χ1v) is 8.32. The number of nitrogens with zero attached hydrogens (tertiary/aromatic N) is 4. The number of methoxy groups -OCH3 is 1. The van der Waals surface area contributed by atoms with Gasteiger partial charge in [-0.15, -0.1) is 0 Å². The highest BCUT2D eigenvalue weighted by atomic mass is 16.5. The summed E-state index contributed by atoms with van der Waals surface area (Å²) in [6.07, 6.45) is 5.18. The minimum Gasteiger partial charge on any atom is -0.497 e. The third kappa shape index (κ3) is 2.71. The second-order valence-electron chi connectivity index (χ2n) is 6.15. The summed E-state index contributed by atoms with van der Waals surface area (Å²) >= 11 is 0. The van der Waals surface area contributed by atoms with Crippen LogP contribution in [0.4, 0.5) is 11.5 Å². The molecular weight excluding hydrogens is 288 g/mol. The number of fused-ring (bicyclic) bond motifs is 1. The van der Waals surface area contributed by atoms with Crippen LogP contribution in [0.5, 0.6) is 5.75 Å². The van der Waals surface area contributed by atoms with E-state index in [4.69, 9.17) is 4.74 Å². The lowest BCUT2D eigenvalue weighted by molar-refractivity contribution is 0.414. The van der Waals surface area contributed by atoms with Gasteiger partial charge in [-0.05, 0) is 31.4 Å². The van der Waals surface area contributed by atoms with Gasteiger partial charge in [-0.2, -0.15) is 0 Å². The molecule has 23 heavy (non-hydrogen) atoms. The lowest BCUT2D eigenvalue weighted by Gasteiger charge is -2.37. The van der Waals surface area contributed by atoms with Crippen LogP contribution in [0, 0.1) is 0 Å². The van der Waals surface area contributed by atoms with Crippen molar-refractivity contribution in [2.75, 3.05) is 43.1 Å². The molecule has 1 aromatic heterocycles. The molecule has 0 atom stereocenters. The first-order chi connectivity index (χ1) is 11.3. The van der Waals surface area contributed by atoms with Crippen molar-refractivity contribution in [1.82, 2.24) is 9.97 Å². The molecular formula is C18H22N4O. The Morgan fingerprint density at radius 1 is 1.00 bits per heavy atom. The maximum Gasteiger partial charge on any atom is 0.135 e. The van der Waals surface area contributed by atoms with E-state index in [0.717, 1.165) is 50.6 Å². The van der Waals surface area contributed by atoms with Crippen molar-refractivity contribution in [3.05, 3.63) is 41.9 Å². The third-order valence-electron chi connectivity index (χ3n) is 4.85. The molecule has 0 radical (unpaired) electrons. The fourth-order valence-electron chi connectivity index (χ4n) is 3.60. The smallest absolute Gasteiger partial charge is 0.135 e. The van der Waals surface area contributed by atoms with Crippen molar-refractivity contribution >= 4 is 11.5 Å². The molecule has 0 amide bonds. The van der Waals surface area contributed by atoms with E-state index in [-0.39, 0.29) is 0 Å². The van der Waals surface area contributed by atoms with Crippen LogP contribution in [-0.2, 0) is 12.8 Å². The summed E-state index contributed by atoms with van der Waals surface area (Å²) < 4.78 is 5.33. The molecule has 120 valence electrons. The van der Waals surface area contributed by atoms with Gasteiger partial charge in [0.2, 0.25) is 0 Å². The van der Waals surface area contributed by atoms with Crippen molar-refractivity contribution in [1.29, 1.82) is 0 Å². The molecule has 2 aliphatic rings. The standard InChI is InChI=1S/C18H22N4O/c1-23-15-5-2-4-14(12-15)21-8-10-22(11-9-21)18-16-6-3-7-17(16)19-13-20-18/h2,4-5,12-13H,3,6-11H2,1H3. The van der Waals surface area contributed by atoms with Gasteiger partial charge in [0.1, 0.15) is 17.9 Å². The minimum atomic E-state index is 0.915. The molecule has 0 bridgehead atoms. The average molecular weight is 310 g/mol. The fourth-order valence-corrected chi connectivity index (χ4v) is 3.60. The number of aromatic nitrogens is 2. The van der Waals surface area contributed by atoms with E-state index < -0.39 is 0 Å². The van der Waals surface area contributed by atoms with Crippen molar-refractivity contribution in [2.45, 2.75) is 19.3 Å². The number of rotatable bonds is 3. The topological polar surface area (TPSA) is 41.5 Å². The predicted molar refractivity (Wildman–Crippen MR) is 91.5 cm³/mol. The molecule has 2 aromatic rings. The number of ether oxygens (including phenoxy) is 1. The van der Waals surface area contributed by atoms with Gasteiger partial charge in [-0.1, -0.05) is 6.07 Å². The Balaban J connectivity index is 1.48. The molecule has 5 nitrogen and oxygen atoms in total. The molecule has 2 heterocycles. The molecule has 0 saturated carbocycles. The summed E-state index contributed by atoms with van der Waals surface area (Å²) in [6.45, 7) is 4.01. The Bertz CT molecular complexity index is 695.